The Bertz CT molecular complexity index is 1090. The van der Waals surface area contributed by atoms with Crippen LogP contribution in [0.3, 0.4) is 0 Å². The third-order valence-corrected chi connectivity index (χ3v) is 5.41. The maximum atomic E-state index is 14.0. The van der Waals surface area contributed by atoms with E-state index in [9.17, 15) is 19.7 Å². The maximum Gasteiger partial charge on any atom is 0.229 e. The van der Waals surface area contributed by atoms with E-state index in [0.29, 0.717) is 16.9 Å². The van der Waals surface area contributed by atoms with Gasteiger partial charge in [0.1, 0.15) is 29.9 Å². The third-order valence-electron chi connectivity index (χ3n) is 5.41. The summed E-state index contributed by atoms with van der Waals surface area (Å²) < 4.78 is 25.6. The second-order valence-electron chi connectivity index (χ2n) is 7.49. The highest BCUT2D eigenvalue weighted by Crippen LogP contribution is 2.31. The molecule has 0 amide bonds. The number of fused-ring (bicyclic) bond motifs is 1. The van der Waals surface area contributed by atoms with E-state index >= 15 is 0 Å². The molecule has 0 aliphatic carbocycles. The average Bonchev–Trinajstić information content (AvgIpc) is 2.78. The minimum Gasteiger partial charge on any atom is -0.461 e. The fraction of sp³-hybridized carbons (Fsp3) is 0.250. The molecule has 3 aromatic carbocycles. The van der Waals surface area contributed by atoms with Crippen molar-refractivity contribution in [2.45, 2.75) is 30.6 Å². The van der Waals surface area contributed by atoms with Crippen LogP contribution < -0.4 is 10.5 Å². The van der Waals surface area contributed by atoms with Crippen molar-refractivity contribution in [1.82, 2.24) is 0 Å². The number of ether oxygens (including phenoxy) is 2. The second-order valence-corrected chi connectivity index (χ2v) is 7.49. The van der Waals surface area contributed by atoms with Gasteiger partial charge in [0.2, 0.25) is 6.29 Å². The van der Waals surface area contributed by atoms with Crippen LogP contribution in [0.15, 0.2) is 60.7 Å². The number of hydrogen-bond acceptors (Lipinski definition) is 6. The number of aliphatic hydroxyl groups is 3. The molecule has 1 aliphatic rings. The lowest BCUT2D eigenvalue weighted by molar-refractivity contribution is -0.247. The molecule has 0 spiro atoms. The predicted octanol–water partition coefficient (Wildman–Crippen LogP) is 2.29. The SMILES string of the molecule is N[C@H]1[C@H](O)[C@@H](O)[C@H](Oc2cc3ccccc3cc2/C=C/c2ccccc2F)O[C@@H]1CO. The Balaban J connectivity index is 1.70. The Labute approximate surface area is 179 Å². The lowest BCUT2D eigenvalue weighted by Crippen LogP contribution is -2.63. The normalized spacial score (nSPS) is 26.4. The molecule has 0 saturated carbocycles. The molecule has 6 nitrogen and oxygen atoms in total. The van der Waals surface area contributed by atoms with Gasteiger partial charge in [-0.25, -0.2) is 4.39 Å². The molecule has 1 fully saturated rings. The summed E-state index contributed by atoms with van der Waals surface area (Å²) in [5.74, 6) is 0.0191. The molecule has 4 rings (SSSR count). The van der Waals surface area contributed by atoms with Crippen molar-refractivity contribution < 1.29 is 29.2 Å². The lowest BCUT2D eigenvalue weighted by atomic mass is 9.97. The van der Waals surface area contributed by atoms with Gasteiger partial charge in [-0.3, -0.25) is 0 Å². The molecule has 162 valence electrons. The van der Waals surface area contributed by atoms with Crippen molar-refractivity contribution in [1.29, 1.82) is 0 Å². The van der Waals surface area contributed by atoms with Crippen molar-refractivity contribution in [2.75, 3.05) is 6.61 Å². The van der Waals surface area contributed by atoms with E-state index in [0.717, 1.165) is 10.8 Å². The molecule has 31 heavy (non-hydrogen) atoms. The average molecular weight is 425 g/mol. The molecular weight excluding hydrogens is 401 g/mol. The Morgan fingerprint density at radius 3 is 2.29 bits per heavy atom. The standard InChI is InChI=1S/C24H24FNO5/c25-18-8-4-3-5-14(18)9-10-17-11-15-6-1-2-7-16(15)12-19(17)30-24-23(29)22(28)21(26)20(13-27)31-24/h1-12,20-24,27-29H,13,26H2/b10-9+/t20-,21-,22+,23-,24-/m1/s1. The molecule has 1 aliphatic heterocycles. The molecule has 7 heteroatoms. The van der Waals surface area contributed by atoms with Gasteiger partial charge >= 0.3 is 0 Å². The molecule has 5 N–H and O–H groups in total. The van der Waals surface area contributed by atoms with Crippen LogP contribution in [0.5, 0.6) is 5.75 Å². The number of benzene rings is 3. The summed E-state index contributed by atoms with van der Waals surface area (Å²) in [6, 6.07) is 16.7. The summed E-state index contributed by atoms with van der Waals surface area (Å²) >= 11 is 0. The van der Waals surface area contributed by atoms with Crippen LogP contribution in [0.4, 0.5) is 4.39 Å². The molecule has 0 unspecified atom stereocenters. The van der Waals surface area contributed by atoms with E-state index in [-0.39, 0.29) is 5.82 Å². The van der Waals surface area contributed by atoms with Crippen LogP contribution in [0, 0.1) is 5.82 Å². The quantitative estimate of drug-likeness (QED) is 0.468. The van der Waals surface area contributed by atoms with Crippen molar-refractivity contribution >= 4 is 22.9 Å². The minimum atomic E-state index is -1.41. The summed E-state index contributed by atoms with van der Waals surface area (Å²) in [6.45, 7) is -0.428. The number of hydrogen-bond donors (Lipinski definition) is 4. The van der Waals surface area contributed by atoms with Gasteiger partial charge < -0.3 is 30.5 Å². The first-order valence-electron chi connectivity index (χ1n) is 9.98. The van der Waals surface area contributed by atoms with Gasteiger partial charge in [0, 0.05) is 11.1 Å². The summed E-state index contributed by atoms with van der Waals surface area (Å²) in [4.78, 5) is 0. The van der Waals surface area contributed by atoms with E-state index in [4.69, 9.17) is 15.2 Å². The number of halogens is 1. The molecule has 1 heterocycles. The van der Waals surface area contributed by atoms with Crippen LogP contribution in [0.2, 0.25) is 0 Å². The van der Waals surface area contributed by atoms with Crippen molar-refractivity contribution in [3.8, 4) is 5.75 Å². The van der Waals surface area contributed by atoms with Crippen LogP contribution >= 0.6 is 0 Å². The fourth-order valence-corrected chi connectivity index (χ4v) is 3.60. The third kappa shape index (κ3) is 4.46. The maximum absolute atomic E-state index is 14.0. The summed E-state index contributed by atoms with van der Waals surface area (Å²) in [6.07, 6.45) is -1.52. The lowest BCUT2D eigenvalue weighted by Gasteiger charge is -2.40. The van der Waals surface area contributed by atoms with Gasteiger partial charge in [0.25, 0.3) is 0 Å². The highest BCUT2D eigenvalue weighted by molar-refractivity contribution is 5.88. The highest BCUT2D eigenvalue weighted by atomic mass is 19.1. The summed E-state index contributed by atoms with van der Waals surface area (Å²) in [5.41, 5.74) is 6.85. The first-order chi connectivity index (χ1) is 15.0. The zero-order valence-corrected chi connectivity index (χ0v) is 16.6. The topological polar surface area (TPSA) is 105 Å². The molecule has 0 aromatic heterocycles. The van der Waals surface area contributed by atoms with E-state index in [1.165, 1.54) is 6.07 Å². The van der Waals surface area contributed by atoms with Gasteiger partial charge in [0.05, 0.1) is 12.6 Å². The summed E-state index contributed by atoms with van der Waals surface area (Å²) in [5, 5.41) is 31.9. The monoisotopic (exact) mass is 425 g/mol. The van der Waals surface area contributed by atoms with Crippen molar-refractivity contribution in [2.24, 2.45) is 5.73 Å². The molecule has 0 bridgehead atoms. The first kappa shape index (κ1) is 21.4. The largest absolute Gasteiger partial charge is 0.461 e. The van der Waals surface area contributed by atoms with Gasteiger partial charge in [-0.2, -0.15) is 0 Å². The van der Waals surface area contributed by atoms with Crippen molar-refractivity contribution in [3.63, 3.8) is 0 Å². The number of nitrogens with two attached hydrogens (primary N) is 1. The Morgan fingerprint density at radius 2 is 1.58 bits per heavy atom. The minimum absolute atomic E-state index is 0.351. The van der Waals surface area contributed by atoms with E-state index in [2.05, 4.69) is 0 Å². The van der Waals surface area contributed by atoms with Crippen LogP contribution in [-0.4, -0.2) is 52.6 Å². The van der Waals surface area contributed by atoms with E-state index in [1.54, 1.807) is 36.4 Å². The highest BCUT2D eigenvalue weighted by Gasteiger charge is 2.43. The first-order valence-corrected chi connectivity index (χ1v) is 9.98. The van der Waals surface area contributed by atoms with Crippen LogP contribution in [0.25, 0.3) is 22.9 Å². The zero-order chi connectivity index (χ0) is 22.0. The van der Waals surface area contributed by atoms with Gasteiger partial charge in [-0.1, -0.05) is 54.6 Å². The van der Waals surface area contributed by atoms with Crippen LogP contribution in [0.1, 0.15) is 11.1 Å². The molecule has 5 atom stereocenters. The Hall–Kier alpha value is -2.81. The van der Waals surface area contributed by atoms with Gasteiger partial charge in [-0.15, -0.1) is 0 Å². The van der Waals surface area contributed by atoms with Gasteiger partial charge in [0.15, 0.2) is 0 Å². The van der Waals surface area contributed by atoms with Crippen LogP contribution in [-0.2, 0) is 4.74 Å². The van der Waals surface area contributed by atoms with E-state index in [1.807, 2.05) is 30.3 Å². The Morgan fingerprint density at radius 1 is 0.935 bits per heavy atom. The number of rotatable bonds is 5. The van der Waals surface area contributed by atoms with E-state index < -0.39 is 37.3 Å². The Kier molecular flexibility index (Phi) is 6.31. The molecule has 0 radical (unpaired) electrons. The second kappa shape index (κ2) is 9.13. The fourth-order valence-electron chi connectivity index (χ4n) is 3.60. The zero-order valence-electron chi connectivity index (χ0n) is 16.6. The smallest absolute Gasteiger partial charge is 0.229 e. The predicted molar refractivity (Wildman–Crippen MR) is 116 cm³/mol. The summed E-state index contributed by atoms with van der Waals surface area (Å²) in [7, 11) is 0. The van der Waals surface area contributed by atoms with Gasteiger partial charge in [-0.05, 0) is 29.0 Å². The molecule has 1 saturated heterocycles. The molecular formula is C24H24FNO5. The number of aliphatic hydroxyl groups excluding tert-OH is 3. The molecule has 3 aromatic rings. The van der Waals surface area contributed by atoms with Crippen molar-refractivity contribution in [3.05, 3.63) is 77.6 Å².